The molecule has 1 aliphatic carbocycles. The Hall–Kier alpha value is -1.42. The molecule has 0 radical (unpaired) electrons. The van der Waals surface area contributed by atoms with Crippen LogP contribution in [0.1, 0.15) is 37.7 Å². The summed E-state index contributed by atoms with van der Waals surface area (Å²) in [4.78, 5) is 9.51. The molecule has 30 heavy (non-hydrogen) atoms. The molecular weight excluding hydrogens is 402 g/mol. The van der Waals surface area contributed by atoms with Crippen molar-refractivity contribution in [2.45, 2.75) is 44.6 Å². The fourth-order valence-electron chi connectivity index (χ4n) is 4.75. The van der Waals surface area contributed by atoms with Gasteiger partial charge >= 0.3 is 0 Å². The molecule has 3 heterocycles. The summed E-state index contributed by atoms with van der Waals surface area (Å²) >= 11 is 0. The van der Waals surface area contributed by atoms with Crippen LogP contribution in [0.15, 0.2) is 12.3 Å². The van der Waals surface area contributed by atoms with Crippen molar-refractivity contribution in [3.63, 3.8) is 0 Å². The standard InChI is InChI=1S/C21H35N5O3S/c1-24(2)30(27,28)23-19-5-3-17(4-6-19)8-11-25-12-14-26(15-13-25)21-20-18(7-10-22-21)9-16-29-20/h7,10,17,19,23H,3-6,8-9,11-16H2,1-2H3. The van der Waals surface area contributed by atoms with Gasteiger partial charge in [-0.1, -0.05) is 0 Å². The molecule has 0 atom stereocenters. The van der Waals surface area contributed by atoms with Gasteiger partial charge in [0.25, 0.3) is 10.2 Å². The number of nitrogens with zero attached hydrogens (tertiary/aromatic N) is 4. The summed E-state index contributed by atoms with van der Waals surface area (Å²) in [6.07, 6.45) is 8.20. The SMILES string of the molecule is CN(C)S(=O)(=O)NC1CCC(CCN2CCN(c3nccc4c3OCC4)CC2)CC1. The van der Waals surface area contributed by atoms with E-state index in [1.165, 1.54) is 16.3 Å². The van der Waals surface area contributed by atoms with Gasteiger partial charge in [-0.3, -0.25) is 4.90 Å². The molecule has 168 valence electrons. The molecule has 9 heteroatoms. The van der Waals surface area contributed by atoms with Crippen molar-refractivity contribution in [3.8, 4) is 5.75 Å². The quantitative estimate of drug-likeness (QED) is 0.696. The third-order valence-corrected chi connectivity index (χ3v) is 8.35. The van der Waals surface area contributed by atoms with Crippen molar-refractivity contribution in [2.24, 2.45) is 5.92 Å². The van der Waals surface area contributed by atoms with E-state index in [0.29, 0.717) is 5.92 Å². The van der Waals surface area contributed by atoms with Gasteiger partial charge in [0.2, 0.25) is 0 Å². The molecule has 1 saturated carbocycles. The summed E-state index contributed by atoms with van der Waals surface area (Å²) in [6, 6.07) is 2.15. The Bertz CT molecular complexity index is 816. The second kappa shape index (κ2) is 9.38. The van der Waals surface area contributed by atoms with E-state index < -0.39 is 10.2 Å². The molecule has 0 unspecified atom stereocenters. The van der Waals surface area contributed by atoms with Crippen molar-refractivity contribution < 1.29 is 13.2 Å². The Morgan fingerprint density at radius 3 is 2.60 bits per heavy atom. The van der Waals surface area contributed by atoms with Crippen molar-refractivity contribution in [2.75, 3.05) is 58.3 Å². The second-order valence-corrected chi connectivity index (χ2v) is 10.9. The van der Waals surface area contributed by atoms with Gasteiger partial charge in [-0.15, -0.1) is 0 Å². The molecule has 2 aliphatic heterocycles. The number of rotatable bonds is 7. The summed E-state index contributed by atoms with van der Waals surface area (Å²) in [5, 5.41) is 0. The fraction of sp³-hybridized carbons (Fsp3) is 0.762. The van der Waals surface area contributed by atoms with Gasteiger partial charge in [-0.25, -0.2) is 4.98 Å². The van der Waals surface area contributed by atoms with Crippen LogP contribution in [0.4, 0.5) is 5.82 Å². The first-order valence-corrected chi connectivity index (χ1v) is 12.6. The maximum atomic E-state index is 12.0. The van der Waals surface area contributed by atoms with E-state index in [-0.39, 0.29) is 6.04 Å². The molecule has 0 amide bonds. The number of fused-ring (bicyclic) bond motifs is 1. The molecule has 0 spiro atoms. The molecule has 1 aromatic rings. The molecule has 1 aromatic heterocycles. The number of hydrogen-bond acceptors (Lipinski definition) is 6. The van der Waals surface area contributed by atoms with E-state index in [1.807, 2.05) is 6.20 Å². The first-order chi connectivity index (χ1) is 14.4. The Balaban J connectivity index is 1.18. The lowest BCUT2D eigenvalue weighted by molar-refractivity contribution is 0.213. The largest absolute Gasteiger partial charge is 0.489 e. The Labute approximate surface area is 180 Å². The van der Waals surface area contributed by atoms with Crippen LogP contribution < -0.4 is 14.4 Å². The predicted molar refractivity (Wildman–Crippen MR) is 118 cm³/mol. The normalized spacial score (nSPS) is 25.4. The zero-order valence-electron chi connectivity index (χ0n) is 18.2. The van der Waals surface area contributed by atoms with Gasteiger partial charge in [0.15, 0.2) is 11.6 Å². The van der Waals surface area contributed by atoms with Gasteiger partial charge < -0.3 is 9.64 Å². The number of ether oxygens (including phenoxy) is 1. The van der Waals surface area contributed by atoms with Gasteiger partial charge in [0, 0.05) is 64.5 Å². The number of pyridine rings is 1. The highest BCUT2D eigenvalue weighted by Gasteiger charge is 2.28. The minimum Gasteiger partial charge on any atom is -0.489 e. The van der Waals surface area contributed by atoms with Crippen LogP contribution >= 0.6 is 0 Å². The molecule has 8 nitrogen and oxygen atoms in total. The second-order valence-electron chi connectivity index (χ2n) is 8.96. The molecule has 1 N–H and O–H groups in total. The average Bonchev–Trinajstić information content (AvgIpc) is 3.22. The van der Waals surface area contributed by atoms with E-state index in [1.54, 1.807) is 14.1 Å². The molecule has 3 aliphatic rings. The Kier molecular flexibility index (Phi) is 6.81. The fourth-order valence-corrected chi connectivity index (χ4v) is 5.62. The summed E-state index contributed by atoms with van der Waals surface area (Å²) in [7, 11) is -0.178. The van der Waals surface area contributed by atoms with Crippen molar-refractivity contribution in [1.82, 2.24) is 18.9 Å². The molecule has 4 rings (SSSR count). The van der Waals surface area contributed by atoms with E-state index in [2.05, 4.69) is 25.6 Å². The monoisotopic (exact) mass is 437 g/mol. The third-order valence-electron chi connectivity index (χ3n) is 6.75. The molecule has 0 aromatic carbocycles. The maximum absolute atomic E-state index is 12.0. The summed E-state index contributed by atoms with van der Waals surface area (Å²) < 4.78 is 33.9. The van der Waals surface area contributed by atoms with Crippen LogP contribution in [0.5, 0.6) is 5.75 Å². The van der Waals surface area contributed by atoms with E-state index >= 15 is 0 Å². The average molecular weight is 438 g/mol. The van der Waals surface area contributed by atoms with Crippen LogP contribution in [0.3, 0.4) is 0 Å². The molecule has 1 saturated heterocycles. The first-order valence-electron chi connectivity index (χ1n) is 11.2. The van der Waals surface area contributed by atoms with E-state index in [9.17, 15) is 8.42 Å². The van der Waals surface area contributed by atoms with Crippen molar-refractivity contribution >= 4 is 16.0 Å². The zero-order chi connectivity index (χ0) is 21.1. The van der Waals surface area contributed by atoms with Crippen LogP contribution in [-0.4, -0.2) is 82.1 Å². The predicted octanol–water partition coefficient (Wildman–Crippen LogP) is 1.48. The smallest absolute Gasteiger partial charge is 0.279 e. The van der Waals surface area contributed by atoms with Gasteiger partial charge in [0.1, 0.15) is 0 Å². The summed E-state index contributed by atoms with van der Waals surface area (Å²) in [6.45, 7) is 6.00. The minimum atomic E-state index is -3.32. The lowest BCUT2D eigenvalue weighted by Gasteiger charge is -2.37. The van der Waals surface area contributed by atoms with Crippen LogP contribution in [-0.2, 0) is 16.6 Å². The van der Waals surface area contributed by atoms with E-state index in [0.717, 1.165) is 83.0 Å². The lowest BCUT2D eigenvalue weighted by atomic mass is 9.84. The third kappa shape index (κ3) is 5.07. The Morgan fingerprint density at radius 2 is 1.90 bits per heavy atom. The van der Waals surface area contributed by atoms with Crippen molar-refractivity contribution in [1.29, 1.82) is 0 Å². The minimum absolute atomic E-state index is 0.0829. The highest BCUT2D eigenvalue weighted by molar-refractivity contribution is 7.87. The molecule has 0 bridgehead atoms. The van der Waals surface area contributed by atoms with Gasteiger partial charge in [-0.05, 0) is 50.6 Å². The number of nitrogens with one attached hydrogen (secondary N) is 1. The van der Waals surface area contributed by atoms with Gasteiger partial charge in [0.05, 0.1) is 6.61 Å². The summed E-state index contributed by atoms with van der Waals surface area (Å²) in [5.41, 5.74) is 1.28. The van der Waals surface area contributed by atoms with E-state index in [4.69, 9.17) is 4.74 Å². The highest BCUT2D eigenvalue weighted by Crippen LogP contribution is 2.34. The van der Waals surface area contributed by atoms with Crippen LogP contribution in [0.25, 0.3) is 0 Å². The first kappa shape index (κ1) is 21.8. The van der Waals surface area contributed by atoms with Crippen LogP contribution in [0, 0.1) is 5.92 Å². The number of aromatic nitrogens is 1. The zero-order valence-corrected chi connectivity index (χ0v) is 19.0. The number of hydrogen-bond donors (Lipinski definition) is 1. The van der Waals surface area contributed by atoms with Crippen molar-refractivity contribution in [3.05, 3.63) is 17.8 Å². The van der Waals surface area contributed by atoms with Gasteiger partial charge in [-0.2, -0.15) is 17.4 Å². The van der Waals surface area contributed by atoms with Crippen LogP contribution in [0.2, 0.25) is 0 Å². The molecule has 2 fully saturated rings. The molecular formula is C21H35N5O3S. The summed E-state index contributed by atoms with van der Waals surface area (Å²) in [5.74, 6) is 2.71. The maximum Gasteiger partial charge on any atom is 0.279 e. The number of anilines is 1. The topological polar surface area (TPSA) is 78.0 Å². The number of piperazine rings is 1. The lowest BCUT2D eigenvalue weighted by Crippen LogP contribution is -2.47. The highest BCUT2D eigenvalue weighted by atomic mass is 32.2. The Morgan fingerprint density at radius 1 is 1.17 bits per heavy atom.